The molecule has 3 nitrogen and oxygen atoms in total. The average Bonchev–Trinajstić information content (AvgIpc) is 2.45. The minimum Gasteiger partial charge on any atom is -0.494 e. The van der Waals surface area contributed by atoms with Gasteiger partial charge in [-0.2, -0.15) is 0 Å². The Labute approximate surface area is 135 Å². The minimum atomic E-state index is -0.937. The third kappa shape index (κ3) is 8.10. The van der Waals surface area contributed by atoms with E-state index < -0.39 is 5.97 Å². The Kier molecular flexibility index (Phi) is 9.15. The Morgan fingerprint density at radius 3 is 2.29 bits per heavy atom. The van der Waals surface area contributed by atoms with Crippen molar-refractivity contribution in [2.24, 2.45) is 0 Å². The van der Waals surface area contributed by atoms with Gasteiger partial charge >= 0.3 is 5.97 Å². The quantitative estimate of drug-likeness (QED) is 0.519. The molecule has 0 heterocycles. The SMILES string of the molecule is CCCCCCCCCCOc1cc(Br)cc(C(=O)O)c1. The smallest absolute Gasteiger partial charge is 0.335 e. The van der Waals surface area contributed by atoms with Crippen LogP contribution in [0.5, 0.6) is 5.75 Å². The van der Waals surface area contributed by atoms with Gasteiger partial charge in [0, 0.05) is 4.47 Å². The van der Waals surface area contributed by atoms with Crippen LogP contribution in [0.1, 0.15) is 68.6 Å². The molecule has 0 unspecified atom stereocenters. The number of carboxylic acids is 1. The first-order valence-corrected chi connectivity index (χ1v) is 8.59. The lowest BCUT2D eigenvalue weighted by Gasteiger charge is -2.08. The average molecular weight is 357 g/mol. The molecule has 1 N–H and O–H groups in total. The van der Waals surface area contributed by atoms with E-state index in [-0.39, 0.29) is 5.56 Å². The summed E-state index contributed by atoms with van der Waals surface area (Å²) in [6.07, 6.45) is 10.1. The maximum Gasteiger partial charge on any atom is 0.335 e. The molecule has 0 aliphatic rings. The van der Waals surface area contributed by atoms with Gasteiger partial charge < -0.3 is 9.84 Å². The van der Waals surface area contributed by atoms with Crippen molar-refractivity contribution >= 4 is 21.9 Å². The van der Waals surface area contributed by atoms with Gasteiger partial charge in [-0.1, -0.05) is 67.8 Å². The Hall–Kier alpha value is -1.03. The van der Waals surface area contributed by atoms with Crippen LogP contribution in [-0.4, -0.2) is 17.7 Å². The molecule has 0 aliphatic heterocycles. The summed E-state index contributed by atoms with van der Waals surface area (Å²) in [5.74, 6) is -0.321. The Balaban J connectivity index is 2.17. The summed E-state index contributed by atoms with van der Waals surface area (Å²) in [4.78, 5) is 11.0. The van der Waals surface area contributed by atoms with Crippen molar-refractivity contribution in [3.05, 3.63) is 28.2 Å². The van der Waals surface area contributed by atoms with E-state index in [9.17, 15) is 4.79 Å². The lowest BCUT2D eigenvalue weighted by atomic mass is 10.1. The van der Waals surface area contributed by atoms with Crippen LogP contribution in [-0.2, 0) is 0 Å². The summed E-state index contributed by atoms with van der Waals surface area (Å²) >= 11 is 3.30. The van der Waals surface area contributed by atoms with Gasteiger partial charge in [0.1, 0.15) is 5.75 Å². The number of halogens is 1. The zero-order valence-corrected chi connectivity index (χ0v) is 14.3. The molecular formula is C17H25BrO3. The number of hydrogen-bond acceptors (Lipinski definition) is 2. The number of rotatable bonds is 11. The van der Waals surface area contributed by atoms with E-state index in [1.165, 1.54) is 44.9 Å². The molecule has 1 aromatic rings. The second kappa shape index (κ2) is 10.7. The summed E-state index contributed by atoms with van der Waals surface area (Å²) in [5.41, 5.74) is 0.246. The molecule has 1 rings (SSSR count). The van der Waals surface area contributed by atoms with Gasteiger partial charge in [0.25, 0.3) is 0 Å². The fourth-order valence-corrected chi connectivity index (χ4v) is 2.67. The topological polar surface area (TPSA) is 46.5 Å². The van der Waals surface area contributed by atoms with Crippen LogP contribution in [0.3, 0.4) is 0 Å². The summed E-state index contributed by atoms with van der Waals surface area (Å²) in [6, 6.07) is 4.94. The first-order chi connectivity index (χ1) is 10.1. The number of carbonyl (C=O) groups is 1. The van der Waals surface area contributed by atoms with Crippen LogP contribution in [0, 0.1) is 0 Å². The van der Waals surface area contributed by atoms with Crippen molar-refractivity contribution in [1.82, 2.24) is 0 Å². The fraction of sp³-hybridized carbons (Fsp3) is 0.588. The van der Waals surface area contributed by atoms with E-state index in [4.69, 9.17) is 9.84 Å². The molecule has 0 atom stereocenters. The third-order valence-electron chi connectivity index (χ3n) is 3.38. The molecule has 0 radical (unpaired) electrons. The van der Waals surface area contributed by atoms with E-state index in [1.807, 2.05) is 0 Å². The predicted octanol–water partition coefficient (Wildman–Crippen LogP) is 5.67. The van der Waals surface area contributed by atoms with Gasteiger partial charge in [-0.15, -0.1) is 0 Å². The highest BCUT2D eigenvalue weighted by Crippen LogP contribution is 2.22. The Morgan fingerprint density at radius 2 is 1.67 bits per heavy atom. The van der Waals surface area contributed by atoms with Crippen LogP contribution < -0.4 is 4.74 Å². The molecule has 0 saturated carbocycles. The summed E-state index contributed by atoms with van der Waals surface area (Å²) < 4.78 is 6.36. The van der Waals surface area contributed by atoms with Crippen LogP contribution >= 0.6 is 15.9 Å². The van der Waals surface area contributed by atoms with Gasteiger partial charge in [-0.05, 0) is 24.6 Å². The van der Waals surface area contributed by atoms with E-state index in [0.29, 0.717) is 12.4 Å². The molecule has 0 saturated heterocycles. The fourth-order valence-electron chi connectivity index (χ4n) is 2.20. The number of aromatic carboxylic acids is 1. The zero-order chi connectivity index (χ0) is 15.5. The molecule has 0 aromatic heterocycles. The molecule has 4 heteroatoms. The number of benzene rings is 1. The van der Waals surface area contributed by atoms with Crippen LogP contribution in [0.15, 0.2) is 22.7 Å². The van der Waals surface area contributed by atoms with E-state index in [2.05, 4.69) is 22.9 Å². The van der Waals surface area contributed by atoms with Crippen molar-refractivity contribution in [3.63, 3.8) is 0 Å². The van der Waals surface area contributed by atoms with Crippen LogP contribution in [0.2, 0.25) is 0 Å². The molecule has 1 aromatic carbocycles. The van der Waals surface area contributed by atoms with E-state index in [1.54, 1.807) is 18.2 Å². The highest BCUT2D eigenvalue weighted by molar-refractivity contribution is 9.10. The lowest BCUT2D eigenvalue weighted by molar-refractivity contribution is 0.0696. The van der Waals surface area contributed by atoms with Crippen molar-refractivity contribution in [1.29, 1.82) is 0 Å². The first kappa shape index (κ1) is 18.0. The zero-order valence-electron chi connectivity index (χ0n) is 12.7. The molecule has 0 aliphatic carbocycles. The van der Waals surface area contributed by atoms with Gasteiger partial charge in [0.15, 0.2) is 0 Å². The van der Waals surface area contributed by atoms with Crippen LogP contribution in [0.4, 0.5) is 0 Å². The van der Waals surface area contributed by atoms with Crippen molar-refractivity contribution in [2.75, 3.05) is 6.61 Å². The first-order valence-electron chi connectivity index (χ1n) is 7.80. The number of unbranched alkanes of at least 4 members (excludes halogenated alkanes) is 7. The number of carboxylic acid groups (broad SMARTS) is 1. The van der Waals surface area contributed by atoms with Gasteiger partial charge in [0.2, 0.25) is 0 Å². The maximum atomic E-state index is 11.0. The summed E-state index contributed by atoms with van der Waals surface area (Å²) in [7, 11) is 0. The summed E-state index contributed by atoms with van der Waals surface area (Å²) in [6.45, 7) is 2.87. The van der Waals surface area contributed by atoms with Crippen molar-refractivity contribution in [2.45, 2.75) is 58.3 Å². The Bertz CT molecular complexity index is 432. The standard InChI is InChI=1S/C17H25BrO3/c1-2-3-4-5-6-7-8-9-10-21-16-12-14(17(19)20)11-15(18)13-16/h11-13H,2-10H2,1H3,(H,19,20). The molecule has 0 amide bonds. The monoisotopic (exact) mass is 356 g/mol. The van der Waals surface area contributed by atoms with Crippen molar-refractivity contribution < 1.29 is 14.6 Å². The second-order valence-corrected chi connectivity index (χ2v) is 6.22. The van der Waals surface area contributed by atoms with E-state index in [0.717, 1.165) is 10.9 Å². The maximum absolute atomic E-state index is 11.0. The molecule has 0 spiro atoms. The molecular weight excluding hydrogens is 332 g/mol. The second-order valence-electron chi connectivity index (χ2n) is 5.30. The Morgan fingerprint density at radius 1 is 1.05 bits per heavy atom. The molecule has 118 valence electrons. The molecule has 0 bridgehead atoms. The van der Waals surface area contributed by atoms with Gasteiger partial charge in [-0.3, -0.25) is 0 Å². The number of hydrogen-bond donors (Lipinski definition) is 1. The van der Waals surface area contributed by atoms with Crippen molar-refractivity contribution in [3.8, 4) is 5.75 Å². The number of ether oxygens (including phenoxy) is 1. The normalized spacial score (nSPS) is 10.6. The lowest BCUT2D eigenvalue weighted by Crippen LogP contribution is -2.01. The van der Waals surface area contributed by atoms with E-state index >= 15 is 0 Å². The largest absolute Gasteiger partial charge is 0.494 e. The minimum absolute atomic E-state index is 0.246. The van der Waals surface area contributed by atoms with Gasteiger partial charge in [0.05, 0.1) is 12.2 Å². The third-order valence-corrected chi connectivity index (χ3v) is 3.84. The van der Waals surface area contributed by atoms with Gasteiger partial charge in [-0.25, -0.2) is 4.79 Å². The summed E-state index contributed by atoms with van der Waals surface area (Å²) in [5, 5.41) is 8.99. The molecule has 0 fully saturated rings. The highest BCUT2D eigenvalue weighted by atomic mass is 79.9. The molecule has 21 heavy (non-hydrogen) atoms. The van der Waals surface area contributed by atoms with Crippen LogP contribution in [0.25, 0.3) is 0 Å². The predicted molar refractivity (Wildman–Crippen MR) is 89.2 cm³/mol. The highest BCUT2D eigenvalue weighted by Gasteiger charge is 2.06.